The van der Waals surface area contributed by atoms with Gasteiger partial charge in [0.15, 0.2) is 5.76 Å². The van der Waals surface area contributed by atoms with Crippen LogP contribution in [-0.4, -0.2) is 55.0 Å². The summed E-state index contributed by atoms with van der Waals surface area (Å²) in [5.74, 6) is -0.391. The zero-order valence-corrected chi connectivity index (χ0v) is 23.6. The number of hydrogen-bond donors (Lipinski definition) is 0. The van der Waals surface area contributed by atoms with Crippen LogP contribution in [0.3, 0.4) is 0 Å². The highest BCUT2D eigenvalue weighted by Crippen LogP contribution is 2.32. The summed E-state index contributed by atoms with van der Waals surface area (Å²) in [5.41, 5.74) is 0.769. The molecule has 4 aromatic rings. The van der Waals surface area contributed by atoms with E-state index in [0.29, 0.717) is 24.4 Å². The number of furan rings is 1. The van der Waals surface area contributed by atoms with Crippen molar-refractivity contribution in [3.63, 3.8) is 0 Å². The second-order valence-electron chi connectivity index (χ2n) is 8.50. The molecule has 0 saturated heterocycles. The van der Waals surface area contributed by atoms with Crippen LogP contribution in [-0.2, 0) is 10.0 Å². The van der Waals surface area contributed by atoms with E-state index >= 15 is 0 Å². The summed E-state index contributed by atoms with van der Waals surface area (Å²) in [6.07, 6.45) is 2.77. The van der Waals surface area contributed by atoms with Gasteiger partial charge in [-0.15, -0.1) is 0 Å². The number of methoxy groups -OCH3 is 1. The number of thiazole rings is 1. The van der Waals surface area contributed by atoms with Gasteiger partial charge in [0.05, 0.1) is 34.5 Å². The fourth-order valence-corrected chi connectivity index (χ4v) is 6.19. The molecule has 12 nitrogen and oxygen atoms in total. The summed E-state index contributed by atoms with van der Waals surface area (Å²) in [4.78, 5) is 28.5. The Labute approximate surface area is 234 Å². The third kappa shape index (κ3) is 6.19. The number of rotatable bonds is 12. The van der Waals surface area contributed by atoms with E-state index in [1.165, 1.54) is 58.3 Å². The quantitative estimate of drug-likeness (QED) is 0.124. The van der Waals surface area contributed by atoms with Crippen LogP contribution >= 0.6 is 11.3 Å². The zero-order chi connectivity index (χ0) is 28.9. The summed E-state index contributed by atoms with van der Waals surface area (Å²) in [5, 5.41) is 16.5. The first-order chi connectivity index (χ1) is 19.2. The van der Waals surface area contributed by atoms with E-state index in [2.05, 4.69) is 10.1 Å². The van der Waals surface area contributed by atoms with Gasteiger partial charge >= 0.3 is 5.88 Å². The number of aromatic nitrogens is 1. The Morgan fingerprint density at radius 3 is 2.55 bits per heavy atom. The summed E-state index contributed by atoms with van der Waals surface area (Å²) in [6, 6.07) is 13.4. The highest BCUT2D eigenvalue weighted by molar-refractivity contribution is 7.89. The van der Waals surface area contributed by atoms with E-state index in [4.69, 9.17) is 9.15 Å². The molecule has 0 aliphatic carbocycles. The van der Waals surface area contributed by atoms with Crippen LogP contribution in [0.15, 0.2) is 69.0 Å². The number of nitro groups is 1. The Bertz CT molecular complexity index is 1650. The molecule has 14 heteroatoms. The average Bonchev–Trinajstić information content (AvgIpc) is 3.60. The maximum Gasteiger partial charge on any atom is 0.433 e. The molecule has 0 N–H and O–H groups in total. The molecule has 0 radical (unpaired) electrons. The molecule has 0 atom stereocenters. The summed E-state index contributed by atoms with van der Waals surface area (Å²) in [6.45, 7) is 4.51. The van der Waals surface area contributed by atoms with Crippen LogP contribution in [0.5, 0.6) is 5.75 Å². The first kappa shape index (κ1) is 28.9. The van der Waals surface area contributed by atoms with Crippen LogP contribution < -0.4 is 9.75 Å². The van der Waals surface area contributed by atoms with Crippen molar-refractivity contribution < 1.29 is 27.3 Å². The minimum atomic E-state index is -3.72. The predicted molar refractivity (Wildman–Crippen MR) is 152 cm³/mol. The zero-order valence-electron chi connectivity index (χ0n) is 22.0. The maximum atomic E-state index is 13.6. The van der Waals surface area contributed by atoms with Crippen molar-refractivity contribution in [1.29, 1.82) is 0 Å². The van der Waals surface area contributed by atoms with Crippen molar-refractivity contribution in [3.8, 4) is 5.75 Å². The van der Waals surface area contributed by atoms with Gasteiger partial charge in [0.1, 0.15) is 10.7 Å². The number of sulfonamides is 1. The van der Waals surface area contributed by atoms with E-state index in [-0.39, 0.29) is 21.4 Å². The van der Waals surface area contributed by atoms with Crippen LogP contribution in [0.4, 0.5) is 11.0 Å². The molecule has 1 amide bonds. The van der Waals surface area contributed by atoms with Crippen molar-refractivity contribution in [2.45, 2.75) is 31.6 Å². The number of ether oxygens (including phenoxy) is 1. The van der Waals surface area contributed by atoms with Gasteiger partial charge in [-0.2, -0.15) is 14.4 Å². The first-order valence-electron chi connectivity index (χ1n) is 12.3. The van der Waals surface area contributed by atoms with E-state index in [1.54, 1.807) is 32.2 Å². The molecule has 210 valence electrons. The molecule has 4 rings (SSSR count). The van der Waals surface area contributed by atoms with Crippen LogP contribution in [0, 0.1) is 10.1 Å². The molecule has 40 heavy (non-hydrogen) atoms. The van der Waals surface area contributed by atoms with Crippen molar-refractivity contribution >= 4 is 54.7 Å². The third-order valence-corrected chi connectivity index (χ3v) is 8.89. The number of hydrazone groups is 1. The molecule has 0 bridgehead atoms. The number of unbranched alkanes of at least 4 members (excludes halogenated alkanes) is 1. The standard InChI is InChI=1S/C26H27N5O7S2/c1-4-6-15-29(5-2)40(35,36)21-11-7-18(8-12-21)25(32)30(27-17-20-10-14-24(38-20)31(33)34)26-28-22-13-9-19(37-3)16-23(22)39-26/h7-14,16-17H,4-6,15H2,1-3H3/b27-17+. The molecule has 0 saturated carbocycles. The van der Waals surface area contributed by atoms with Crippen molar-refractivity contribution in [3.05, 3.63) is 76.0 Å². The van der Waals surface area contributed by atoms with E-state index in [9.17, 15) is 23.3 Å². The van der Waals surface area contributed by atoms with Crippen LogP contribution in [0.1, 0.15) is 42.8 Å². The monoisotopic (exact) mass is 585 g/mol. The second-order valence-corrected chi connectivity index (χ2v) is 11.4. The van der Waals surface area contributed by atoms with E-state index in [1.807, 2.05) is 6.92 Å². The lowest BCUT2D eigenvalue weighted by molar-refractivity contribution is -0.402. The maximum absolute atomic E-state index is 13.6. The van der Waals surface area contributed by atoms with Gasteiger partial charge in [0.2, 0.25) is 15.2 Å². The van der Waals surface area contributed by atoms with E-state index < -0.39 is 26.7 Å². The Morgan fingerprint density at radius 1 is 1.18 bits per heavy atom. The number of nitrogens with zero attached hydrogens (tertiary/aromatic N) is 5. The van der Waals surface area contributed by atoms with Crippen molar-refractivity contribution in [2.24, 2.45) is 5.10 Å². The Balaban J connectivity index is 1.69. The van der Waals surface area contributed by atoms with Gasteiger partial charge in [-0.1, -0.05) is 31.6 Å². The van der Waals surface area contributed by atoms with Gasteiger partial charge < -0.3 is 9.15 Å². The number of carbonyl (C=O) groups excluding carboxylic acids is 1. The molecule has 0 aliphatic heterocycles. The minimum Gasteiger partial charge on any atom is -0.497 e. The second kappa shape index (κ2) is 12.4. The number of anilines is 1. The lowest BCUT2D eigenvalue weighted by Crippen LogP contribution is -2.32. The highest BCUT2D eigenvalue weighted by atomic mass is 32.2. The number of hydrogen-bond acceptors (Lipinski definition) is 10. The van der Waals surface area contributed by atoms with Gasteiger partial charge in [-0.3, -0.25) is 14.9 Å². The lowest BCUT2D eigenvalue weighted by Gasteiger charge is -2.20. The molecular formula is C26H27N5O7S2. The highest BCUT2D eigenvalue weighted by Gasteiger charge is 2.25. The predicted octanol–water partition coefficient (Wildman–Crippen LogP) is 5.30. The normalized spacial score (nSPS) is 11.9. The molecule has 2 heterocycles. The SMILES string of the molecule is CCCCN(CC)S(=O)(=O)c1ccc(C(=O)N(/N=C/c2ccc([N+](=O)[O-])o2)c2nc3ccc(OC)cc3s2)cc1. The van der Waals surface area contributed by atoms with Crippen LogP contribution in [0.2, 0.25) is 0 Å². The number of amides is 1. The van der Waals surface area contributed by atoms with Crippen molar-refractivity contribution in [2.75, 3.05) is 25.2 Å². The Hall–Kier alpha value is -4.14. The van der Waals surface area contributed by atoms with Crippen LogP contribution in [0.25, 0.3) is 10.2 Å². The van der Waals surface area contributed by atoms with E-state index in [0.717, 1.165) is 22.6 Å². The fourth-order valence-electron chi connectivity index (χ4n) is 3.75. The molecule has 2 aromatic heterocycles. The molecular weight excluding hydrogens is 558 g/mol. The van der Waals surface area contributed by atoms with Gasteiger partial charge in [-0.05, 0) is 55.0 Å². The summed E-state index contributed by atoms with van der Waals surface area (Å²) in [7, 11) is -2.18. The van der Waals surface area contributed by atoms with Gasteiger partial charge in [0.25, 0.3) is 5.91 Å². The molecule has 0 aliphatic rings. The average molecular weight is 586 g/mol. The Morgan fingerprint density at radius 2 is 1.93 bits per heavy atom. The summed E-state index contributed by atoms with van der Waals surface area (Å²) < 4.78 is 38.7. The molecule has 2 aromatic carbocycles. The van der Waals surface area contributed by atoms with Crippen molar-refractivity contribution in [1.82, 2.24) is 9.29 Å². The Kier molecular flexibility index (Phi) is 8.92. The number of fused-ring (bicyclic) bond motifs is 1. The minimum absolute atomic E-state index is 0.0560. The lowest BCUT2D eigenvalue weighted by atomic mass is 10.2. The first-order valence-corrected chi connectivity index (χ1v) is 14.6. The van der Waals surface area contributed by atoms with Gasteiger partial charge in [0, 0.05) is 18.7 Å². The molecule has 0 spiro atoms. The third-order valence-electron chi connectivity index (χ3n) is 5.90. The fraction of sp³-hybridized carbons (Fsp3) is 0.269. The molecule has 0 unspecified atom stereocenters. The topological polar surface area (TPSA) is 148 Å². The smallest absolute Gasteiger partial charge is 0.433 e. The van der Waals surface area contributed by atoms with Gasteiger partial charge in [-0.25, -0.2) is 13.4 Å². The largest absolute Gasteiger partial charge is 0.497 e. The molecule has 0 fully saturated rings. The number of benzene rings is 2. The number of carbonyl (C=O) groups is 1. The summed E-state index contributed by atoms with van der Waals surface area (Å²) >= 11 is 1.18.